The number of rotatable bonds is 2. The Kier molecular flexibility index (Phi) is 2.26. The molecule has 0 aliphatic heterocycles. The lowest BCUT2D eigenvalue weighted by Gasteiger charge is -1.97. The molecule has 0 atom stereocenters. The lowest BCUT2D eigenvalue weighted by Crippen LogP contribution is -1.95. The van der Waals surface area contributed by atoms with Crippen LogP contribution in [0, 0.1) is 10.1 Å². The molecule has 0 radical (unpaired) electrons. The molecule has 2 heterocycles. The smallest absolute Gasteiger partial charge is 0.357 e. The van der Waals surface area contributed by atoms with Crippen molar-refractivity contribution in [2.75, 3.05) is 0 Å². The van der Waals surface area contributed by atoms with Crippen LogP contribution in [0.4, 0.5) is 5.82 Å². The van der Waals surface area contributed by atoms with Crippen LogP contribution in [0.25, 0.3) is 17.0 Å². The summed E-state index contributed by atoms with van der Waals surface area (Å²) < 4.78 is 1.38. The third-order valence-corrected chi connectivity index (χ3v) is 2.60. The van der Waals surface area contributed by atoms with Crippen molar-refractivity contribution in [1.29, 1.82) is 0 Å². The van der Waals surface area contributed by atoms with Gasteiger partial charge in [0.05, 0.1) is 0 Å². The van der Waals surface area contributed by atoms with E-state index in [0.717, 1.165) is 0 Å². The Balaban J connectivity index is 2.36. The van der Waals surface area contributed by atoms with Crippen LogP contribution in [0.15, 0.2) is 48.8 Å². The standard InChI is InChI=1S/C12H8N4O2/c17-16(18)11-10(9-5-2-1-3-6-9)14-12-13-7-4-8-15(11)12/h1-8H. The molecule has 0 spiro atoms. The van der Waals surface area contributed by atoms with Gasteiger partial charge in [-0.05, 0) is 11.0 Å². The molecule has 0 saturated heterocycles. The van der Waals surface area contributed by atoms with Gasteiger partial charge in [0.1, 0.15) is 6.20 Å². The third kappa shape index (κ3) is 1.51. The molecule has 6 heteroatoms. The molecule has 0 amide bonds. The van der Waals surface area contributed by atoms with E-state index in [0.29, 0.717) is 17.0 Å². The first-order valence-electron chi connectivity index (χ1n) is 5.30. The number of nitrogens with zero attached hydrogens (tertiary/aromatic N) is 4. The SMILES string of the molecule is O=[N+]([O-])c1c(-c2ccccc2)nc2ncccn12. The molecule has 0 unspecified atom stereocenters. The molecule has 1 aromatic carbocycles. The van der Waals surface area contributed by atoms with Crippen LogP contribution in [-0.2, 0) is 0 Å². The molecule has 0 aliphatic carbocycles. The Labute approximate surface area is 102 Å². The van der Waals surface area contributed by atoms with Gasteiger partial charge in [0.2, 0.25) is 0 Å². The minimum Gasteiger partial charge on any atom is -0.358 e. The second kappa shape index (κ2) is 3.92. The highest BCUT2D eigenvalue weighted by atomic mass is 16.6. The van der Waals surface area contributed by atoms with Gasteiger partial charge in [-0.3, -0.25) is 0 Å². The Hall–Kier alpha value is -2.76. The van der Waals surface area contributed by atoms with Crippen molar-refractivity contribution in [1.82, 2.24) is 14.4 Å². The molecule has 0 bridgehead atoms. The van der Waals surface area contributed by atoms with E-state index in [1.165, 1.54) is 4.40 Å². The summed E-state index contributed by atoms with van der Waals surface area (Å²) >= 11 is 0. The molecule has 0 saturated carbocycles. The van der Waals surface area contributed by atoms with Crippen LogP contribution in [0.1, 0.15) is 0 Å². The second-order valence-corrected chi connectivity index (χ2v) is 3.70. The fourth-order valence-corrected chi connectivity index (χ4v) is 1.84. The summed E-state index contributed by atoms with van der Waals surface area (Å²) in [5.41, 5.74) is 1.04. The quantitative estimate of drug-likeness (QED) is 0.509. The van der Waals surface area contributed by atoms with Crippen LogP contribution < -0.4 is 0 Å². The third-order valence-electron chi connectivity index (χ3n) is 2.60. The molecule has 3 aromatic rings. The monoisotopic (exact) mass is 240 g/mol. The Morgan fingerprint density at radius 3 is 2.67 bits per heavy atom. The summed E-state index contributed by atoms with van der Waals surface area (Å²) in [7, 11) is 0. The number of nitro groups is 1. The van der Waals surface area contributed by atoms with E-state index in [1.807, 2.05) is 18.2 Å². The fourth-order valence-electron chi connectivity index (χ4n) is 1.84. The summed E-state index contributed by atoms with van der Waals surface area (Å²) in [5, 5.41) is 11.2. The van der Waals surface area contributed by atoms with E-state index < -0.39 is 4.92 Å². The first-order chi connectivity index (χ1) is 8.77. The number of aromatic nitrogens is 3. The van der Waals surface area contributed by atoms with Crippen LogP contribution in [0.5, 0.6) is 0 Å². The zero-order chi connectivity index (χ0) is 12.5. The van der Waals surface area contributed by atoms with Crippen molar-refractivity contribution < 1.29 is 4.92 Å². The molecule has 0 aliphatic rings. The molecule has 18 heavy (non-hydrogen) atoms. The average molecular weight is 240 g/mol. The first-order valence-corrected chi connectivity index (χ1v) is 5.30. The van der Waals surface area contributed by atoms with E-state index in [4.69, 9.17) is 0 Å². The first kappa shape index (κ1) is 10.4. The van der Waals surface area contributed by atoms with Crippen LogP contribution >= 0.6 is 0 Å². The van der Waals surface area contributed by atoms with Crippen molar-refractivity contribution in [3.8, 4) is 11.3 Å². The Morgan fingerprint density at radius 1 is 1.17 bits per heavy atom. The zero-order valence-electron chi connectivity index (χ0n) is 9.22. The van der Waals surface area contributed by atoms with Crippen molar-refractivity contribution >= 4 is 11.6 Å². The van der Waals surface area contributed by atoms with E-state index in [1.54, 1.807) is 30.6 Å². The highest BCUT2D eigenvalue weighted by Crippen LogP contribution is 2.29. The number of benzene rings is 1. The van der Waals surface area contributed by atoms with E-state index in [-0.39, 0.29) is 5.82 Å². The van der Waals surface area contributed by atoms with Gasteiger partial charge in [-0.25, -0.2) is 0 Å². The van der Waals surface area contributed by atoms with Crippen LogP contribution in [-0.4, -0.2) is 19.3 Å². The van der Waals surface area contributed by atoms with Gasteiger partial charge in [-0.2, -0.15) is 14.4 Å². The summed E-state index contributed by atoms with van der Waals surface area (Å²) in [6, 6.07) is 10.7. The highest BCUT2D eigenvalue weighted by Gasteiger charge is 2.23. The maximum absolute atomic E-state index is 11.2. The summed E-state index contributed by atoms with van der Waals surface area (Å²) in [5.74, 6) is 0.257. The van der Waals surface area contributed by atoms with Crippen molar-refractivity contribution in [3.05, 3.63) is 58.9 Å². The van der Waals surface area contributed by atoms with Crippen molar-refractivity contribution in [2.45, 2.75) is 0 Å². The molecule has 6 nitrogen and oxygen atoms in total. The maximum Gasteiger partial charge on any atom is 0.357 e. The number of hydrogen-bond donors (Lipinski definition) is 0. The summed E-state index contributed by atoms with van der Waals surface area (Å²) in [6.45, 7) is 0. The van der Waals surface area contributed by atoms with Crippen molar-refractivity contribution in [2.24, 2.45) is 0 Å². The highest BCUT2D eigenvalue weighted by molar-refractivity contribution is 5.71. The second-order valence-electron chi connectivity index (χ2n) is 3.70. The van der Waals surface area contributed by atoms with E-state index in [2.05, 4.69) is 9.97 Å². The average Bonchev–Trinajstić information content (AvgIpc) is 2.79. The van der Waals surface area contributed by atoms with Gasteiger partial charge < -0.3 is 10.1 Å². The van der Waals surface area contributed by atoms with E-state index in [9.17, 15) is 10.1 Å². The number of fused-ring (bicyclic) bond motifs is 1. The number of imidazole rings is 1. The Morgan fingerprint density at radius 2 is 1.94 bits per heavy atom. The molecule has 0 fully saturated rings. The lowest BCUT2D eigenvalue weighted by atomic mass is 10.1. The van der Waals surface area contributed by atoms with E-state index >= 15 is 0 Å². The number of hydrogen-bond acceptors (Lipinski definition) is 4. The fraction of sp³-hybridized carbons (Fsp3) is 0. The van der Waals surface area contributed by atoms with Gasteiger partial charge >= 0.3 is 11.6 Å². The minimum atomic E-state index is -0.440. The normalized spacial score (nSPS) is 10.7. The summed E-state index contributed by atoms with van der Waals surface area (Å²) in [4.78, 5) is 19.0. The predicted octanol–water partition coefficient (Wildman–Crippen LogP) is 2.30. The molecular formula is C12H8N4O2. The topological polar surface area (TPSA) is 73.3 Å². The maximum atomic E-state index is 11.2. The Bertz CT molecular complexity index is 721. The molecular weight excluding hydrogens is 232 g/mol. The van der Waals surface area contributed by atoms with Gasteiger partial charge in [0.15, 0.2) is 5.69 Å². The van der Waals surface area contributed by atoms with Crippen LogP contribution in [0.3, 0.4) is 0 Å². The molecule has 88 valence electrons. The lowest BCUT2D eigenvalue weighted by molar-refractivity contribution is -0.389. The minimum absolute atomic E-state index is 0.0655. The molecule has 0 N–H and O–H groups in total. The largest absolute Gasteiger partial charge is 0.358 e. The zero-order valence-corrected chi connectivity index (χ0v) is 9.22. The molecule has 2 aromatic heterocycles. The summed E-state index contributed by atoms with van der Waals surface area (Å²) in [6.07, 6.45) is 3.14. The van der Waals surface area contributed by atoms with Crippen LogP contribution in [0.2, 0.25) is 0 Å². The predicted molar refractivity (Wildman–Crippen MR) is 65.1 cm³/mol. The van der Waals surface area contributed by atoms with Gasteiger partial charge in [-0.15, -0.1) is 0 Å². The van der Waals surface area contributed by atoms with Gasteiger partial charge in [0, 0.05) is 11.8 Å². The van der Waals surface area contributed by atoms with Gasteiger partial charge in [0.25, 0.3) is 0 Å². The van der Waals surface area contributed by atoms with Crippen molar-refractivity contribution in [3.63, 3.8) is 0 Å². The molecule has 3 rings (SSSR count). The van der Waals surface area contributed by atoms with Gasteiger partial charge in [-0.1, -0.05) is 30.3 Å².